The van der Waals surface area contributed by atoms with Crippen molar-refractivity contribution >= 4 is 22.7 Å². The fourth-order valence-corrected chi connectivity index (χ4v) is 4.36. The summed E-state index contributed by atoms with van der Waals surface area (Å²) in [5.74, 6) is 0.136. The molecule has 0 unspecified atom stereocenters. The van der Waals surface area contributed by atoms with Crippen LogP contribution in [0.1, 0.15) is 41.0 Å². The predicted octanol–water partition coefficient (Wildman–Crippen LogP) is 2.74. The van der Waals surface area contributed by atoms with Crippen molar-refractivity contribution in [1.82, 2.24) is 4.90 Å². The number of hydrogen-bond donors (Lipinski definition) is 0. The third-order valence-electron chi connectivity index (χ3n) is 3.36. The molecule has 128 valence electrons. The van der Waals surface area contributed by atoms with Gasteiger partial charge in [-0.3, -0.25) is 27.0 Å². The molecule has 1 aliphatic rings. The van der Waals surface area contributed by atoms with E-state index in [9.17, 15) is 9.59 Å². The number of hydrogen-bond acceptors (Lipinski definition) is 5. The second kappa shape index (κ2) is 8.67. The Hall–Kier alpha value is -0.890. The number of carbonyl (C=O) groups is 2. The smallest absolute Gasteiger partial charge is 0.256 e. The minimum atomic E-state index is -2.06. The van der Waals surface area contributed by atoms with Crippen LogP contribution in [0, 0.1) is 0 Å². The Morgan fingerprint density at radius 1 is 0.864 bits per heavy atom. The molecule has 0 aliphatic carbocycles. The van der Waals surface area contributed by atoms with Crippen molar-refractivity contribution in [3.63, 3.8) is 0 Å². The van der Waals surface area contributed by atoms with E-state index < -0.39 is 10.9 Å². The molecule has 0 aromatic carbocycles. The Balaban J connectivity index is 2.63. The fourth-order valence-electron chi connectivity index (χ4n) is 2.24. The van der Waals surface area contributed by atoms with Gasteiger partial charge in [0.2, 0.25) is 0 Å². The summed E-state index contributed by atoms with van der Waals surface area (Å²) in [5.41, 5.74) is 1.06. The van der Waals surface area contributed by atoms with Crippen LogP contribution >= 0.6 is 10.9 Å². The van der Waals surface area contributed by atoms with Crippen LogP contribution < -0.4 is 0 Å². The van der Waals surface area contributed by atoms with Crippen LogP contribution in [0.2, 0.25) is 0 Å². The van der Waals surface area contributed by atoms with Crippen molar-refractivity contribution in [3.05, 3.63) is 11.1 Å². The standard InChI is InChI=1S/C15H27NO5S/c1-6-19-22(20-7-2,21-8-3)11-9-10-16-14(17)12(4)13(5)15(16)18/h6-11H2,1-5H3. The fraction of sp³-hybridized carbons (Fsp3) is 0.733. The van der Waals surface area contributed by atoms with Gasteiger partial charge in [0.1, 0.15) is 0 Å². The zero-order valence-corrected chi connectivity index (χ0v) is 15.0. The molecule has 0 aromatic rings. The van der Waals surface area contributed by atoms with Gasteiger partial charge in [0, 0.05) is 23.4 Å². The Morgan fingerprint density at radius 2 is 1.27 bits per heavy atom. The molecule has 6 nitrogen and oxygen atoms in total. The number of imide groups is 1. The maximum Gasteiger partial charge on any atom is 0.256 e. The molecule has 0 atom stereocenters. The van der Waals surface area contributed by atoms with Gasteiger partial charge in [0.15, 0.2) is 0 Å². The van der Waals surface area contributed by atoms with E-state index in [0.29, 0.717) is 49.7 Å². The first-order valence-electron chi connectivity index (χ1n) is 7.70. The van der Waals surface area contributed by atoms with E-state index in [-0.39, 0.29) is 11.8 Å². The van der Waals surface area contributed by atoms with E-state index in [2.05, 4.69) is 0 Å². The van der Waals surface area contributed by atoms with E-state index >= 15 is 0 Å². The molecule has 1 aliphatic heterocycles. The van der Waals surface area contributed by atoms with Crippen molar-refractivity contribution in [2.75, 3.05) is 32.1 Å². The van der Waals surface area contributed by atoms with E-state index in [1.807, 2.05) is 20.8 Å². The van der Waals surface area contributed by atoms with Crippen LogP contribution in [0.4, 0.5) is 0 Å². The lowest BCUT2D eigenvalue weighted by atomic mass is 10.2. The summed E-state index contributed by atoms with van der Waals surface area (Å²) < 4.78 is 17.1. The van der Waals surface area contributed by atoms with Gasteiger partial charge in [0.05, 0.1) is 30.7 Å². The molecule has 1 heterocycles. The molecule has 0 N–H and O–H groups in total. The van der Waals surface area contributed by atoms with Crippen LogP contribution in [0.5, 0.6) is 0 Å². The van der Waals surface area contributed by atoms with Gasteiger partial charge in [0.25, 0.3) is 11.8 Å². The lowest BCUT2D eigenvalue weighted by molar-refractivity contribution is -0.137. The second-order valence-corrected chi connectivity index (χ2v) is 7.08. The number of nitrogens with zero attached hydrogens (tertiary/aromatic N) is 1. The maximum atomic E-state index is 12.0. The van der Waals surface area contributed by atoms with Gasteiger partial charge in [-0.25, -0.2) is 0 Å². The molecular formula is C15H27NO5S. The van der Waals surface area contributed by atoms with Gasteiger partial charge < -0.3 is 0 Å². The first-order valence-corrected chi connectivity index (χ1v) is 9.28. The molecule has 0 saturated heterocycles. The topological polar surface area (TPSA) is 65.1 Å². The molecule has 0 bridgehead atoms. The highest BCUT2D eigenvalue weighted by Gasteiger charge is 2.34. The molecule has 0 saturated carbocycles. The first kappa shape index (κ1) is 19.2. The summed E-state index contributed by atoms with van der Waals surface area (Å²) in [7, 11) is -2.06. The van der Waals surface area contributed by atoms with Crippen molar-refractivity contribution in [3.8, 4) is 0 Å². The highest BCUT2D eigenvalue weighted by Crippen LogP contribution is 2.51. The average molecular weight is 333 g/mol. The van der Waals surface area contributed by atoms with E-state index in [0.717, 1.165) is 0 Å². The minimum absolute atomic E-state index is 0.202. The van der Waals surface area contributed by atoms with Crippen molar-refractivity contribution in [2.24, 2.45) is 0 Å². The van der Waals surface area contributed by atoms with E-state index in [4.69, 9.17) is 12.5 Å². The maximum absolute atomic E-state index is 12.0. The van der Waals surface area contributed by atoms with Gasteiger partial charge in [-0.05, 0) is 41.0 Å². The molecule has 2 amide bonds. The van der Waals surface area contributed by atoms with Crippen LogP contribution in [-0.4, -0.2) is 48.8 Å². The normalized spacial score (nSPS) is 16.9. The Morgan fingerprint density at radius 3 is 1.64 bits per heavy atom. The van der Waals surface area contributed by atoms with Gasteiger partial charge in [-0.2, -0.15) is 0 Å². The zero-order chi connectivity index (χ0) is 16.8. The Kier molecular flexibility index (Phi) is 7.55. The summed E-state index contributed by atoms with van der Waals surface area (Å²) in [6.45, 7) is 10.9. The van der Waals surface area contributed by atoms with Gasteiger partial charge >= 0.3 is 0 Å². The molecule has 0 radical (unpaired) electrons. The summed E-state index contributed by atoms with van der Waals surface area (Å²) in [6, 6.07) is 0. The molecule has 7 heteroatoms. The predicted molar refractivity (Wildman–Crippen MR) is 87.0 cm³/mol. The first-order chi connectivity index (χ1) is 10.4. The molecular weight excluding hydrogens is 306 g/mol. The quantitative estimate of drug-likeness (QED) is 0.575. The van der Waals surface area contributed by atoms with Crippen LogP contribution in [0.25, 0.3) is 0 Å². The monoisotopic (exact) mass is 333 g/mol. The lowest BCUT2D eigenvalue weighted by Crippen LogP contribution is -2.33. The molecule has 22 heavy (non-hydrogen) atoms. The zero-order valence-electron chi connectivity index (χ0n) is 14.1. The van der Waals surface area contributed by atoms with Crippen molar-refractivity contribution in [1.29, 1.82) is 0 Å². The van der Waals surface area contributed by atoms with Crippen LogP contribution in [0.15, 0.2) is 11.1 Å². The van der Waals surface area contributed by atoms with Crippen molar-refractivity contribution < 1.29 is 22.1 Å². The Bertz CT molecular complexity index is 408. The van der Waals surface area contributed by atoms with E-state index in [1.165, 1.54) is 4.90 Å². The summed E-state index contributed by atoms with van der Waals surface area (Å²) >= 11 is 0. The largest absolute Gasteiger partial charge is 0.293 e. The molecule has 0 spiro atoms. The molecule has 1 rings (SSSR count). The van der Waals surface area contributed by atoms with Gasteiger partial charge in [-0.1, -0.05) is 0 Å². The molecule has 0 aromatic heterocycles. The second-order valence-electron chi connectivity index (χ2n) is 4.85. The number of carbonyl (C=O) groups excluding carboxylic acids is 2. The summed E-state index contributed by atoms with van der Waals surface area (Å²) in [6.07, 6.45) is 0.591. The number of rotatable bonds is 10. The average Bonchev–Trinajstić information content (AvgIpc) is 2.66. The highest BCUT2D eigenvalue weighted by molar-refractivity contribution is 8.21. The third-order valence-corrected chi connectivity index (χ3v) is 5.94. The summed E-state index contributed by atoms with van der Waals surface area (Å²) in [4.78, 5) is 25.3. The Labute approximate surface area is 134 Å². The SMILES string of the molecule is CCOS(CCCN1C(=O)C(C)=C(C)C1=O)(OCC)OCC. The lowest BCUT2D eigenvalue weighted by Gasteiger charge is -2.37. The van der Waals surface area contributed by atoms with E-state index in [1.54, 1.807) is 13.8 Å². The van der Waals surface area contributed by atoms with Gasteiger partial charge in [-0.15, -0.1) is 0 Å². The summed E-state index contributed by atoms with van der Waals surface area (Å²) in [5, 5.41) is 0. The molecule has 0 fully saturated rings. The van der Waals surface area contributed by atoms with Crippen molar-refractivity contribution in [2.45, 2.75) is 41.0 Å². The van der Waals surface area contributed by atoms with Crippen LogP contribution in [-0.2, 0) is 22.1 Å². The third kappa shape index (κ3) is 4.32. The number of amides is 2. The van der Waals surface area contributed by atoms with Crippen LogP contribution in [0.3, 0.4) is 0 Å². The highest BCUT2D eigenvalue weighted by atomic mass is 32.3. The minimum Gasteiger partial charge on any atom is -0.293 e.